The summed E-state index contributed by atoms with van der Waals surface area (Å²) in [6.45, 7) is 4.77. The highest BCUT2D eigenvalue weighted by Gasteiger charge is 2.30. The van der Waals surface area contributed by atoms with Crippen LogP contribution in [0.15, 0.2) is 29.6 Å². The second kappa shape index (κ2) is 5.26. The lowest BCUT2D eigenvalue weighted by Crippen LogP contribution is -2.29. The Bertz CT molecular complexity index is 559. The molecule has 102 valence electrons. The third-order valence-corrected chi connectivity index (χ3v) is 6.00. The second-order valence-corrected chi connectivity index (χ2v) is 7.15. The van der Waals surface area contributed by atoms with Crippen LogP contribution in [0.5, 0.6) is 0 Å². The predicted molar refractivity (Wildman–Crippen MR) is 84.4 cm³/mol. The van der Waals surface area contributed by atoms with Gasteiger partial charge in [0.2, 0.25) is 0 Å². The van der Waals surface area contributed by atoms with Gasteiger partial charge in [0, 0.05) is 10.7 Å². The summed E-state index contributed by atoms with van der Waals surface area (Å²) < 4.78 is 1.37. The van der Waals surface area contributed by atoms with Crippen molar-refractivity contribution in [3.63, 3.8) is 0 Å². The molecule has 2 N–H and O–H groups in total. The van der Waals surface area contributed by atoms with Crippen LogP contribution in [0.1, 0.15) is 44.7 Å². The van der Waals surface area contributed by atoms with Gasteiger partial charge in [0.15, 0.2) is 0 Å². The quantitative estimate of drug-likeness (QED) is 0.821. The van der Waals surface area contributed by atoms with Crippen molar-refractivity contribution < 1.29 is 0 Å². The number of nitrogens with two attached hydrogens (primary N) is 1. The van der Waals surface area contributed by atoms with Crippen molar-refractivity contribution in [1.29, 1.82) is 0 Å². The highest BCUT2D eigenvalue weighted by Crippen LogP contribution is 2.41. The first-order chi connectivity index (χ1) is 9.16. The molecule has 0 radical (unpaired) electrons. The molecule has 0 aliphatic heterocycles. The van der Waals surface area contributed by atoms with Gasteiger partial charge in [-0.2, -0.15) is 0 Å². The first-order valence-corrected chi connectivity index (χ1v) is 8.26. The first kappa shape index (κ1) is 13.1. The molecular formula is C17H23NS. The minimum absolute atomic E-state index is 0.214. The molecule has 1 fully saturated rings. The van der Waals surface area contributed by atoms with E-state index in [-0.39, 0.29) is 6.04 Å². The first-order valence-electron chi connectivity index (χ1n) is 7.38. The van der Waals surface area contributed by atoms with Gasteiger partial charge in [-0.15, -0.1) is 11.3 Å². The fraction of sp³-hybridized carbons (Fsp3) is 0.529. The Balaban J connectivity index is 1.85. The van der Waals surface area contributed by atoms with Crippen LogP contribution >= 0.6 is 11.3 Å². The van der Waals surface area contributed by atoms with Crippen molar-refractivity contribution in [2.75, 3.05) is 0 Å². The number of hydrogen-bond acceptors (Lipinski definition) is 2. The molecule has 1 saturated carbocycles. The van der Waals surface area contributed by atoms with E-state index in [1.165, 1.54) is 34.9 Å². The monoisotopic (exact) mass is 273 g/mol. The van der Waals surface area contributed by atoms with Crippen LogP contribution in [0.25, 0.3) is 10.1 Å². The van der Waals surface area contributed by atoms with E-state index in [0.717, 1.165) is 11.8 Å². The molecule has 0 amide bonds. The van der Waals surface area contributed by atoms with Crippen molar-refractivity contribution in [3.05, 3.63) is 35.2 Å². The third-order valence-electron chi connectivity index (χ3n) is 5.02. The largest absolute Gasteiger partial charge is 0.324 e. The van der Waals surface area contributed by atoms with E-state index in [4.69, 9.17) is 5.73 Å². The average Bonchev–Trinajstić information content (AvgIpc) is 2.85. The normalized spacial score (nSPS) is 29.5. The summed E-state index contributed by atoms with van der Waals surface area (Å²) in [5, 5.41) is 3.64. The molecule has 2 aromatic rings. The third kappa shape index (κ3) is 2.44. The molecule has 1 aliphatic rings. The summed E-state index contributed by atoms with van der Waals surface area (Å²) in [7, 11) is 0. The maximum atomic E-state index is 6.59. The van der Waals surface area contributed by atoms with Crippen molar-refractivity contribution in [2.45, 2.75) is 39.2 Å². The van der Waals surface area contributed by atoms with E-state index in [9.17, 15) is 0 Å². The summed E-state index contributed by atoms with van der Waals surface area (Å²) in [5.74, 6) is 2.33. The summed E-state index contributed by atoms with van der Waals surface area (Å²) in [6, 6.07) is 8.86. The summed E-state index contributed by atoms with van der Waals surface area (Å²) in [5.41, 5.74) is 7.96. The SMILES string of the molecule is CC1CCC(C(N)c2csc3ccccc23)CC1C. The van der Waals surface area contributed by atoms with Crippen LogP contribution in [0.2, 0.25) is 0 Å². The van der Waals surface area contributed by atoms with Gasteiger partial charge in [-0.1, -0.05) is 38.5 Å². The molecule has 1 aromatic carbocycles. The highest BCUT2D eigenvalue weighted by atomic mass is 32.1. The van der Waals surface area contributed by atoms with Gasteiger partial charge in [0.25, 0.3) is 0 Å². The number of fused-ring (bicyclic) bond motifs is 1. The second-order valence-electron chi connectivity index (χ2n) is 6.24. The molecule has 1 aromatic heterocycles. The number of rotatable bonds is 2. The highest BCUT2D eigenvalue weighted by molar-refractivity contribution is 7.17. The smallest absolute Gasteiger partial charge is 0.0346 e. The van der Waals surface area contributed by atoms with Crippen LogP contribution in [0.3, 0.4) is 0 Å². The molecule has 1 aliphatic carbocycles. The van der Waals surface area contributed by atoms with Crippen molar-refractivity contribution in [2.24, 2.45) is 23.5 Å². The lowest BCUT2D eigenvalue weighted by Gasteiger charge is -2.35. The molecular weight excluding hydrogens is 250 g/mol. The number of hydrogen-bond donors (Lipinski definition) is 1. The molecule has 3 rings (SSSR count). The molecule has 19 heavy (non-hydrogen) atoms. The molecule has 0 saturated heterocycles. The lowest BCUT2D eigenvalue weighted by molar-refractivity contribution is 0.186. The van der Waals surface area contributed by atoms with Gasteiger partial charge >= 0.3 is 0 Å². The molecule has 1 heterocycles. The molecule has 1 nitrogen and oxygen atoms in total. The van der Waals surface area contributed by atoms with Gasteiger partial charge in [-0.25, -0.2) is 0 Å². The Morgan fingerprint density at radius 1 is 1.16 bits per heavy atom. The summed E-state index contributed by atoms with van der Waals surface area (Å²) in [6.07, 6.45) is 3.91. The molecule has 0 spiro atoms. The lowest BCUT2D eigenvalue weighted by atomic mass is 9.72. The Kier molecular flexibility index (Phi) is 3.64. The van der Waals surface area contributed by atoms with E-state index in [2.05, 4.69) is 43.5 Å². The summed E-state index contributed by atoms with van der Waals surface area (Å²) >= 11 is 1.83. The van der Waals surface area contributed by atoms with Gasteiger partial charge in [-0.05, 0) is 53.0 Å². The Morgan fingerprint density at radius 2 is 1.95 bits per heavy atom. The van der Waals surface area contributed by atoms with Crippen LogP contribution in [-0.2, 0) is 0 Å². The van der Waals surface area contributed by atoms with Crippen molar-refractivity contribution >= 4 is 21.4 Å². The zero-order valence-corrected chi connectivity index (χ0v) is 12.6. The standard InChI is InChI=1S/C17H23NS/c1-11-7-8-13(9-12(11)2)17(18)15-10-19-16-6-4-3-5-14(15)16/h3-6,10-13,17H,7-9,18H2,1-2H3. The van der Waals surface area contributed by atoms with Crippen LogP contribution in [-0.4, -0.2) is 0 Å². The molecule has 4 unspecified atom stereocenters. The molecule has 2 heteroatoms. The minimum Gasteiger partial charge on any atom is -0.324 e. The van der Waals surface area contributed by atoms with Gasteiger partial charge in [0.05, 0.1) is 0 Å². The Hall–Kier alpha value is -0.860. The maximum Gasteiger partial charge on any atom is 0.0346 e. The van der Waals surface area contributed by atoms with E-state index in [0.29, 0.717) is 5.92 Å². The van der Waals surface area contributed by atoms with Crippen LogP contribution < -0.4 is 5.73 Å². The van der Waals surface area contributed by atoms with Gasteiger partial charge in [-0.3, -0.25) is 0 Å². The van der Waals surface area contributed by atoms with Crippen molar-refractivity contribution in [3.8, 4) is 0 Å². The minimum atomic E-state index is 0.214. The topological polar surface area (TPSA) is 26.0 Å². The Morgan fingerprint density at radius 3 is 2.74 bits per heavy atom. The fourth-order valence-corrected chi connectivity index (χ4v) is 4.43. The average molecular weight is 273 g/mol. The molecule has 4 atom stereocenters. The van der Waals surface area contributed by atoms with E-state index >= 15 is 0 Å². The van der Waals surface area contributed by atoms with Crippen LogP contribution in [0.4, 0.5) is 0 Å². The predicted octanol–water partition coefficient (Wildman–Crippen LogP) is 4.97. The number of benzene rings is 1. The number of thiophene rings is 1. The summed E-state index contributed by atoms with van der Waals surface area (Å²) in [4.78, 5) is 0. The Labute approximate surface area is 119 Å². The van der Waals surface area contributed by atoms with E-state index in [1.54, 1.807) is 0 Å². The van der Waals surface area contributed by atoms with E-state index in [1.807, 2.05) is 11.3 Å². The van der Waals surface area contributed by atoms with E-state index < -0.39 is 0 Å². The maximum absolute atomic E-state index is 6.59. The zero-order valence-electron chi connectivity index (χ0n) is 11.8. The van der Waals surface area contributed by atoms with Crippen molar-refractivity contribution in [1.82, 2.24) is 0 Å². The fourth-order valence-electron chi connectivity index (χ4n) is 3.43. The van der Waals surface area contributed by atoms with Crippen LogP contribution in [0, 0.1) is 17.8 Å². The molecule has 0 bridgehead atoms. The zero-order chi connectivity index (χ0) is 13.4. The van der Waals surface area contributed by atoms with Gasteiger partial charge < -0.3 is 5.73 Å². The van der Waals surface area contributed by atoms with Gasteiger partial charge in [0.1, 0.15) is 0 Å².